The van der Waals surface area contributed by atoms with Crippen molar-refractivity contribution in [3.05, 3.63) is 40.1 Å². The number of carbonyl (C=O) groups is 2. The smallest absolute Gasteiger partial charge is 0.434 e. The second-order valence-corrected chi connectivity index (χ2v) is 7.88. The van der Waals surface area contributed by atoms with Crippen LogP contribution in [-0.2, 0) is 14.3 Å². The van der Waals surface area contributed by atoms with Gasteiger partial charge in [0.1, 0.15) is 5.76 Å². The van der Waals surface area contributed by atoms with E-state index < -0.39 is 11.7 Å². The molecule has 1 aromatic carbocycles. The summed E-state index contributed by atoms with van der Waals surface area (Å²) < 4.78 is 10.6. The van der Waals surface area contributed by atoms with Gasteiger partial charge in [-0.25, -0.2) is 14.8 Å². The average molecular weight is 404 g/mol. The molecule has 0 atom stereocenters. The molecular formula is C22H33N3O4. The van der Waals surface area contributed by atoms with Gasteiger partial charge >= 0.3 is 6.16 Å². The SMILES string of the molecule is CCOC(=O)O/C(=C(/C=O)c1c(C)cc(C)cc1C)C1(N)CCN(N(C)C)CC1. The maximum Gasteiger partial charge on any atom is 0.513 e. The molecule has 7 nitrogen and oxygen atoms in total. The second-order valence-electron chi connectivity index (χ2n) is 7.88. The molecule has 1 fully saturated rings. The number of piperidine rings is 1. The van der Waals surface area contributed by atoms with Crippen LogP contribution in [0.1, 0.15) is 42.0 Å². The third-order valence-electron chi connectivity index (χ3n) is 5.41. The maximum absolute atomic E-state index is 12.3. The van der Waals surface area contributed by atoms with Crippen molar-refractivity contribution in [3.8, 4) is 0 Å². The highest BCUT2D eigenvalue weighted by Gasteiger charge is 2.40. The predicted octanol–water partition coefficient (Wildman–Crippen LogP) is 2.96. The van der Waals surface area contributed by atoms with Crippen LogP contribution < -0.4 is 5.73 Å². The zero-order valence-corrected chi connectivity index (χ0v) is 18.4. The van der Waals surface area contributed by atoms with E-state index in [0.717, 1.165) is 28.5 Å². The molecule has 1 aromatic rings. The minimum atomic E-state index is -0.945. The van der Waals surface area contributed by atoms with E-state index in [2.05, 4.69) is 5.01 Å². The lowest BCUT2D eigenvalue weighted by atomic mass is 9.82. The first-order valence-corrected chi connectivity index (χ1v) is 9.96. The largest absolute Gasteiger partial charge is 0.513 e. The molecule has 7 heteroatoms. The number of nitrogens with zero attached hydrogens (tertiary/aromatic N) is 2. The number of ether oxygens (including phenoxy) is 2. The molecule has 1 aliphatic rings. The summed E-state index contributed by atoms with van der Waals surface area (Å²) >= 11 is 0. The number of aldehydes is 1. The van der Waals surface area contributed by atoms with Gasteiger partial charge in [0.05, 0.1) is 17.7 Å². The monoisotopic (exact) mass is 403 g/mol. The quantitative estimate of drug-likeness (QED) is 0.338. The number of hydrazine groups is 1. The first kappa shape index (κ1) is 23.1. The predicted molar refractivity (Wildman–Crippen MR) is 113 cm³/mol. The molecule has 1 saturated heterocycles. The lowest BCUT2D eigenvalue weighted by Gasteiger charge is -2.42. The van der Waals surface area contributed by atoms with Crippen LogP contribution in [0.5, 0.6) is 0 Å². The van der Waals surface area contributed by atoms with Gasteiger partial charge in [-0.15, -0.1) is 0 Å². The van der Waals surface area contributed by atoms with Gasteiger partial charge in [0.25, 0.3) is 0 Å². The fourth-order valence-corrected chi connectivity index (χ4v) is 4.01. The van der Waals surface area contributed by atoms with E-state index in [4.69, 9.17) is 15.2 Å². The maximum atomic E-state index is 12.3. The summed E-state index contributed by atoms with van der Waals surface area (Å²) in [4.78, 5) is 24.5. The highest BCUT2D eigenvalue weighted by atomic mass is 16.7. The van der Waals surface area contributed by atoms with Crippen LogP contribution in [0.4, 0.5) is 4.79 Å². The highest BCUT2D eigenvalue weighted by molar-refractivity contribution is 6.09. The summed E-state index contributed by atoms with van der Waals surface area (Å²) in [6.07, 6.45) is 0.985. The van der Waals surface area contributed by atoms with Crippen LogP contribution in [0.3, 0.4) is 0 Å². The molecular weight excluding hydrogens is 370 g/mol. The molecule has 0 aromatic heterocycles. The number of benzene rings is 1. The van der Waals surface area contributed by atoms with Crippen molar-refractivity contribution in [2.45, 2.75) is 46.1 Å². The molecule has 2 rings (SSSR count). The fraction of sp³-hybridized carbons (Fsp3) is 0.545. The second kappa shape index (κ2) is 9.52. The zero-order valence-electron chi connectivity index (χ0n) is 18.4. The van der Waals surface area contributed by atoms with Gasteiger partial charge in [0, 0.05) is 27.2 Å². The molecule has 0 aliphatic carbocycles. The Labute approximate surface area is 173 Å². The summed E-state index contributed by atoms with van der Waals surface area (Å²) in [5, 5.41) is 4.18. The Bertz CT molecular complexity index is 770. The molecule has 0 amide bonds. The topological polar surface area (TPSA) is 85.1 Å². The molecule has 0 unspecified atom stereocenters. The molecule has 0 radical (unpaired) electrons. The van der Waals surface area contributed by atoms with Gasteiger partial charge in [-0.3, -0.25) is 4.79 Å². The highest BCUT2D eigenvalue weighted by Crippen LogP contribution is 2.35. The third kappa shape index (κ3) is 5.23. The van der Waals surface area contributed by atoms with Crippen molar-refractivity contribution in [1.82, 2.24) is 10.0 Å². The minimum absolute atomic E-state index is 0.178. The van der Waals surface area contributed by atoms with Crippen molar-refractivity contribution in [3.63, 3.8) is 0 Å². The zero-order chi connectivity index (χ0) is 21.8. The van der Waals surface area contributed by atoms with E-state index in [0.29, 0.717) is 31.5 Å². The van der Waals surface area contributed by atoms with Gasteiger partial charge in [-0.1, -0.05) is 17.7 Å². The number of rotatable bonds is 6. The lowest BCUT2D eigenvalue weighted by Crippen LogP contribution is -2.55. The minimum Gasteiger partial charge on any atom is -0.434 e. The van der Waals surface area contributed by atoms with E-state index in [1.54, 1.807) is 6.92 Å². The van der Waals surface area contributed by atoms with E-state index >= 15 is 0 Å². The molecule has 1 aliphatic heterocycles. The first-order valence-electron chi connectivity index (χ1n) is 9.96. The van der Waals surface area contributed by atoms with Crippen LogP contribution in [0.25, 0.3) is 5.57 Å². The number of aryl methyl sites for hydroxylation is 3. The lowest BCUT2D eigenvalue weighted by molar-refractivity contribution is -0.103. The normalized spacial score (nSPS) is 17.7. The number of hydrogen-bond acceptors (Lipinski definition) is 7. The van der Waals surface area contributed by atoms with E-state index in [1.807, 2.05) is 52.0 Å². The Morgan fingerprint density at radius 3 is 2.21 bits per heavy atom. The molecule has 0 saturated carbocycles. The van der Waals surface area contributed by atoms with Crippen molar-refractivity contribution in [2.75, 3.05) is 33.8 Å². The van der Waals surface area contributed by atoms with Gasteiger partial charge < -0.3 is 15.2 Å². The average Bonchev–Trinajstić information content (AvgIpc) is 2.63. The Morgan fingerprint density at radius 1 is 1.21 bits per heavy atom. The summed E-state index contributed by atoms with van der Waals surface area (Å²) in [5.41, 5.74) is 9.85. The van der Waals surface area contributed by atoms with Crippen molar-refractivity contribution < 1.29 is 19.1 Å². The number of allylic oxidation sites excluding steroid dienone is 1. The van der Waals surface area contributed by atoms with Gasteiger partial charge in [-0.05, 0) is 57.2 Å². The number of hydrogen-bond donors (Lipinski definition) is 1. The standard InChI is InChI=1S/C22H33N3O4/c1-7-28-21(27)29-20(22(23)8-10-25(11-9-22)24(5)6)18(14-26)19-16(3)12-15(2)13-17(19)4/h12-14H,7-11,23H2,1-6H3/b20-18-. The Kier molecular flexibility index (Phi) is 7.57. The Morgan fingerprint density at radius 2 is 1.76 bits per heavy atom. The van der Waals surface area contributed by atoms with Gasteiger partial charge in [-0.2, -0.15) is 0 Å². The molecule has 2 N–H and O–H groups in total. The summed E-state index contributed by atoms with van der Waals surface area (Å²) in [6, 6.07) is 4.01. The van der Waals surface area contributed by atoms with Gasteiger partial charge in [0.15, 0.2) is 6.29 Å². The summed E-state index contributed by atoms with van der Waals surface area (Å²) in [7, 11) is 3.95. The van der Waals surface area contributed by atoms with Crippen molar-refractivity contribution in [1.29, 1.82) is 0 Å². The van der Waals surface area contributed by atoms with E-state index in [1.165, 1.54) is 0 Å². The van der Waals surface area contributed by atoms with E-state index in [9.17, 15) is 9.59 Å². The summed E-state index contributed by atoms with van der Waals surface area (Å²) in [5.74, 6) is 0.194. The molecule has 1 heterocycles. The number of nitrogens with two attached hydrogens (primary N) is 1. The molecule has 29 heavy (non-hydrogen) atoms. The van der Waals surface area contributed by atoms with Gasteiger partial charge in [0.2, 0.25) is 0 Å². The Balaban J connectivity index is 2.59. The third-order valence-corrected chi connectivity index (χ3v) is 5.41. The first-order chi connectivity index (χ1) is 13.6. The summed E-state index contributed by atoms with van der Waals surface area (Å²) in [6.45, 7) is 9.15. The molecule has 160 valence electrons. The van der Waals surface area contributed by atoms with Crippen LogP contribution in [0.15, 0.2) is 17.9 Å². The van der Waals surface area contributed by atoms with Crippen LogP contribution in [-0.4, -0.2) is 61.8 Å². The van der Waals surface area contributed by atoms with E-state index in [-0.39, 0.29) is 12.4 Å². The molecule has 0 spiro atoms. The van der Waals surface area contributed by atoms with Crippen molar-refractivity contribution in [2.24, 2.45) is 5.73 Å². The van der Waals surface area contributed by atoms with Crippen LogP contribution in [0.2, 0.25) is 0 Å². The van der Waals surface area contributed by atoms with Crippen LogP contribution in [0, 0.1) is 20.8 Å². The number of carbonyl (C=O) groups excluding carboxylic acids is 2. The van der Waals surface area contributed by atoms with Crippen LogP contribution >= 0.6 is 0 Å². The van der Waals surface area contributed by atoms with Crippen molar-refractivity contribution >= 4 is 18.0 Å². The molecule has 0 bridgehead atoms. The Hall–Kier alpha value is -2.22. The fourth-order valence-electron chi connectivity index (χ4n) is 4.01.